The van der Waals surface area contributed by atoms with E-state index in [-0.39, 0.29) is 36.8 Å². The summed E-state index contributed by atoms with van der Waals surface area (Å²) in [5.41, 5.74) is -0.388. The number of ether oxygens (including phenoxy) is 3. The molecule has 2 aliphatic rings. The Hall–Kier alpha value is -3.31. The Morgan fingerprint density at radius 1 is 1.12 bits per heavy atom. The van der Waals surface area contributed by atoms with Crippen LogP contribution >= 0.6 is 0 Å². The number of esters is 1. The summed E-state index contributed by atoms with van der Waals surface area (Å²) < 4.78 is 60.4. The van der Waals surface area contributed by atoms with Gasteiger partial charge in [-0.05, 0) is 64.5 Å². The zero-order valence-corrected chi connectivity index (χ0v) is 23.4. The summed E-state index contributed by atoms with van der Waals surface area (Å²) in [6.45, 7) is 3.34. The number of carbonyl (C=O) groups is 2. The van der Waals surface area contributed by atoms with Gasteiger partial charge in [-0.1, -0.05) is 12.8 Å². The van der Waals surface area contributed by atoms with Gasteiger partial charge >= 0.3 is 18.2 Å². The van der Waals surface area contributed by atoms with Crippen LogP contribution in [-0.2, 0) is 34.1 Å². The molecule has 0 N–H and O–H groups in total. The van der Waals surface area contributed by atoms with Gasteiger partial charge in [0.15, 0.2) is 11.4 Å². The molecule has 12 heteroatoms. The first-order valence-electron chi connectivity index (χ1n) is 13.8. The van der Waals surface area contributed by atoms with Crippen LogP contribution in [0.1, 0.15) is 76.6 Å². The minimum absolute atomic E-state index is 0.0324. The van der Waals surface area contributed by atoms with E-state index < -0.39 is 35.7 Å². The quantitative estimate of drug-likeness (QED) is 0.367. The van der Waals surface area contributed by atoms with Gasteiger partial charge < -0.3 is 19.1 Å². The second-order valence-electron chi connectivity index (χ2n) is 10.9. The highest BCUT2D eigenvalue weighted by Crippen LogP contribution is 2.39. The number of amides is 1. The van der Waals surface area contributed by atoms with Crippen molar-refractivity contribution in [1.29, 1.82) is 0 Å². The molecule has 2 heterocycles. The second-order valence-corrected chi connectivity index (χ2v) is 10.9. The van der Waals surface area contributed by atoms with Gasteiger partial charge in [0.05, 0.1) is 35.7 Å². The average Bonchev–Trinajstić information content (AvgIpc) is 3.56. The lowest BCUT2D eigenvalue weighted by molar-refractivity contribution is -0.155. The van der Waals surface area contributed by atoms with Gasteiger partial charge in [0, 0.05) is 25.7 Å². The van der Waals surface area contributed by atoms with Crippen LogP contribution in [0.25, 0.3) is 11.3 Å². The molecule has 0 bridgehead atoms. The number of pyridine rings is 1. The summed E-state index contributed by atoms with van der Waals surface area (Å²) in [7, 11) is 3.32. The van der Waals surface area contributed by atoms with Crippen LogP contribution in [0.4, 0.5) is 18.0 Å². The number of rotatable bonds is 8. The summed E-state index contributed by atoms with van der Waals surface area (Å²) in [6.07, 6.45) is 1.31. The van der Waals surface area contributed by atoms with Crippen LogP contribution in [0, 0.1) is 5.92 Å². The van der Waals surface area contributed by atoms with Crippen molar-refractivity contribution in [2.75, 3.05) is 7.05 Å². The molecule has 2 atom stereocenters. The van der Waals surface area contributed by atoms with Gasteiger partial charge in [-0.25, -0.2) is 9.78 Å². The number of nitrogens with zero attached hydrogens (tertiary/aromatic N) is 4. The van der Waals surface area contributed by atoms with E-state index in [2.05, 4.69) is 10.1 Å². The van der Waals surface area contributed by atoms with Crippen molar-refractivity contribution in [3.8, 4) is 17.0 Å². The van der Waals surface area contributed by atoms with Gasteiger partial charge in [0.25, 0.3) is 0 Å². The first-order chi connectivity index (χ1) is 18.9. The fraction of sp³-hybridized carbons (Fsp3) is 0.643. The monoisotopic (exact) mass is 566 g/mol. The van der Waals surface area contributed by atoms with E-state index >= 15 is 0 Å². The van der Waals surface area contributed by atoms with Crippen molar-refractivity contribution in [3.63, 3.8) is 0 Å². The molecule has 0 spiro atoms. The first-order valence-corrected chi connectivity index (χ1v) is 13.8. The minimum Gasteiger partial charge on any atom is -0.488 e. The summed E-state index contributed by atoms with van der Waals surface area (Å²) in [5.74, 6) is -1.17. The van der Waals surface area contributed by atoms with Crippen molar-refractivity contribution in [1.82, 2.24) is 19.7 Å². The number of alkyl halides is 3. The molecule has 4 rings (SSSR count). The molecule has 0 aromatic carbocycles. The lowest BCUT2D eigenvalue weighted by Crippen LogP contribution is -2.35. The first kappa shape index (κ1) is 29.7. The number of carbonyl (C=O) groups excluding carboxylic acids is 2. The molecule has 1 amide bonds. The fourth-order valence-electron chi connectivity index (χ4n) is 5.39. The largest absolute Gasteiger partial charge is 0.488 e. The average molecular weight is 567 g/mol. The number of aromatic nitrogens is 3. The molecule has 220 valence electrons. The van der Waals surface area contributed by atoms with Crippen LogP contribution in [0.3, 0.4) is 0 Å². The van der Waals surface area contributed by atoms with Crippen molar-refractivity contribution >= 4 is 12.1 Å². The summed E-state index contributed by atoms with van der Waals surface area (Å²) in [4.78, 5) is 30.4. The lowest BCUT2D eigenvalue weighted by Gasteiger charge is -2.29. The van der Waals surface area contributed by atoms with Crippen LogP contribution in [0.2, 0.25) is 0 Å². The Balaban J connectivity index is 1.51. The minimum atomic E-state index is -4.78. The number of halogens is 3. The van der Waals surface area contributed by atoms with Gasteiger partial charge in [-0.2, -0.15) is 18.3 Å². The molecule has 2 aromatic rings. The Labute approximate surface area is 232 Å². The lowest BCUT2D eigenvalue weighted by atomic mass is 9.87. The van der Waals surface area contributed by atoms with Crippen LogP contribution in [-0.4, -0.2) is 57.0 Å². The molecule has 2 saturated carbocycles. The third kappa shape index (κ3) is 7.06. The highest BCUT2D eigenvalue weighted by atomic mass is 19.4. The maximum Gasteiger partial charge on any atom is 0.437 e. The Morgan fingerprint density at radius 2 is 1.85 bits per heavy atom. The smallest absolute Gasteiger partial charge is 0.437 e. The third-order valence-electron chi connectivity index (χ3n) is 7.56. The van der Waals surface area contributed by atoms with Crippen LogP contribution < -0.4 is 4.74 Å². The predicted octanol–water partition coefficient (Wildman–Crippen LogP) is 5.90. The molecule has 0 saturated heterocycles. The highest BCUT2D eigenvalue weighted by molar-refractivity contribution is 5.72. The van der Waals surface area contributed by atoms with Crippen molar-refractivity contribution in [2.45, 2.75) is 96.2 Å². The normalized spacial score (nSPS) is 20.0. The van der Waals surface area contributed by atoms with Gasteiger partial charge in [-0.3, -0.25) is 9.48 Å². The molecule has 0 aliphatic heterocycles. The molecule has 2 aliphatic carbocycles. The molecule has 40 heavy (non-hydrogen) atoms. The second kappa shape index (κ2) is 12.5. The standard InChI is InChI=1S/C28H37F3N4O5/c1-17(2)39-26(36)18-8-7-11-20(14-18)40-24-13-12-22(33-25(24)28(29,30)31)21-15-32-35(4)23(21)16-38-27(37)34(3)19-9-5-6-10-19/h12-13,15,17-20H,5-11,14,16H2,1-4H3/t18-,20-/m0/s1. The van der Waals surface area contributed by atoms with E-state index in [0.717, 1.165) is 25.7 Å². The topological polar surface area (TPSA) is 95.8 Å². The van der Waals surface area contributed by atoms with Crippen molar-refractivity contribution < 1.29 is 37.0 Å². The molecular weight excluding hydrogens is 529 g/mol. The van der Waals surface area contributed by atoms with E-state index in [0.29, 0.717) is 30.5 Å². The van der Waals surface area contributed by atoms with E-state index in [9.17, 15) is 22.8 Å². The zero-order valence-electron chi connectivity index (χ0n) is 23.4. The van der Waals surface area contributed by atoms with E-state index in [1.54, 1.807) is 32.8 Å². The van der Waals surface area contributed by atoms with Gasteiger partial charge in [-0.15, -0.1) is 0 Å². The molecular formula is C28H37F3N4O5. The molecule has 0 unspecified atom stereocenters. The summed E-state index contributed by atoms with van der Waals surface area (Å²) in [6, 6.07) is 2.81. The molecule has 2 aromatic heterocycles. The van der Waals surface area contributed by atoms with Crippen LogP contribution in [0.15, 0.2) is 18.3 Å². The highest BCUT2D eigenvalue weighted by Gasteiger charge is 2.39. The van der Waals surface area contributed by atoms with Crippen molar-refractivity contribution in [2.24, 2.45) is 13.0 Å². The van der Waals surface area contributed by atoms with Gasteiger partial charge in [0.1, 0.15) is 6.61 Å². The number of hydrogen-bond acceptors (Lipinski definition) is 7. The molecule has 9 nitrogen and oxygen atoms in total. The Bertz CT molecular complexity index is 1190. The maximum atomic E-state index is 14.1. The Kier molecular flexibility index (Phi) is 9.25. The zero-order chi connectivity index (χ0) is 29.0. The number of hydrogen-bond donors (Lipinski definition) is 0. The van der Waals surface area contributed by atoms with E-state index in [1.165, 1.54) is 23.0 Å². The fourth-order valence-corrected chi connectivity index (χ4v) is 5.39. The van der Waals surface area contributed by atoms with Crippen molar-refractivity contribution in [3.05, 3.63) is 29.7 Å². The van der Waals surface area contributed by atoms with E-state index in [1.807, 2.05) is 0 Å². The Morgan fingerprint density at radius 3 is 2.52 bits per heavy atom. The molecule has 2 fully saturated rings. The van der Waals surface area contributed by atoms with Crippen LogP contribution in [0.5, 0.6) is 5.75 Å². The third-order valence-corrected chi connectivity index (χ3v) is 7.56. The maximum absolute atomic E-state index is 14.1. The summed E-state index contributed by atoms with van der Waals surface area (Å²) >= 11 is 0. The van der Waals surface area contributed by atoms with Gasteiger partial charge in [0.2, 0.25) is 0 Å². The SMILES string of the molecule is CC(C)OC(=O)[C@H]1CCC[C@H](Oc2ccc(-c3cnn(C)c3COC(=O)N(C)C3CCCC3)nc2C(F)(F)F)C1. The molecule has 0 radical (unpaired) electrons. The van der Waals surface area contributed by atoms with E-state index in [4.69, 9.17) is 14.2 Å². The summed E-state index contributed by atoms with van der Waals surface area (Å²) in [5, 5.41) is 4.16. The predicted molar refractivity (Wildman–Crippen MR) is 139 cm³/mol. The number of aryl methyl sites for hydroxylation is 1.